The zero-order valence-electron chi connectivity index (χ0n) is 14.7. The molecule has 0 radical (unpaired) electrons. The van der Waals surface area contributed by atoms with Gasteiger partial charge in [-0.05, 0) is 24.5 Å². The molecule has 0 bridgehead atoms. The van der Waals surface area contributed by atoms with E-state index in [0.29, 0.717) is 17.5 Å². The third-order valence-electron chi connectivity index (χ3n) is 5.56. The summed E-state index contributed by atoms with van der Waals surface area (Å²) in [5.74, 6) is 0.892. The fraction of sp³-hybridized carbons (Fsp3) is 0.579. The van der Waals surface area contributed by atoms with Crippen LogP contribution in [0.25, 0.3) is 0 Å². The molecule has 0 aromatic heterocycles. The van der Waals surface area contributed by atoms with Gasteiger partial charge in [-0.1, -0.05) is 55.6 Å². The van der Waals surface area contributed by atoms with E-state index >= 15 is 0 Å². The maximum Gasteiger partial charge on any atom is 0.248 e. The van der Waals surface area contributed by atoms with Gasteiger partial charge in [-0.2, -0.15) is 4.99 Å². The number of rotatable bonds is 4. The Kier molecular flexibility index (Phi) is 5.10. The van der Waals surface area contributed by atoms with Crippen LogP contribution in [0.15, 0.2) is 35.3 Å². The fourth-order valence-corrected chi connectivity index (χ4v) is 8.18. The largest absolute Gasteiger partial charge is 0.316 e. The van der Waals surface area contributed by atoms with Crippen molar-refractivity contribution in [3.8, 4) is 0 Å². The van der Waals surface area contributed by atoms with Crippen LogP contribution in [-0.4, -0.2) is 42.3 Å². The van der Waals surface area contributed by atoms with Crippen molar-refractivity contribution in [2.75, 3.05) is 16.4 Å². The van der Waals surface area contributed by atoms with Crippen LogP contribution >= 0.6 is 11.8 Å². The molecule has 1 aliphatic carbocycles. The summed E-state index contributed by atoms with van der Waals surface area (Å²) >= 11 is 1.45. The number of sulfone groups is 1. The molecule has 7 heteroatoms. The van der Waals surface area contributed by atoms with Gasteiger partial charge in [0.25, 0.3) is 0 Å². The van der Waals surface area contributed by atoms with E-state index in [9.17, 15) is 13.2 Å². The molecule has 2 aliphatic heterocycles. The predicted octanol–water partition coefficient (Wildman–Crippen LogP) is 3.26. The van der Waals surface area contributed by atoms with Crippen molar-refractivity contribution in [3.05, 3.63) is 30.3 Å². The molecular weight excluding hydrogens is 368 g/mol. The molecule has 140 valence electrons. The first-order chi connectivity index (χ1) is 12.5. The van der Waals surface area contributed by atoms with Crippen molar-refractivity contribution >= 4 is 38.4 Å². The molecule has 3 fully saturated rings. The molecule has 0 spiro atoms. The SMILES string of the molecule is O=C(CCC1CCCC1)N=C1S[C@H]2CS(=O)(=O)C[C@H]2N1c1ccccc1. The van der Waals surface area contributed by atoms with E-state index in [0.717, 1.165) is 12.1 Å². The van der Waals surface area contributed by atoms with E-state index < -0.39 is 9.84 Å². The minimum atomic E-state index is -3.02. The Morgan fingerprint density at radius 2 is 1.88 bits per heavy atom. The van der Waals surface area contributed by atoms with E-state index in [-0.39, 0.29) is 28.7 Å². The molecule has 1 saturated carbocycles. The van der Waals surface area contributed by atoms with Crippen LogP contribution in [-0.2, 0) is 14.6 Å². The highest BCUT2D eigenvalue weighted by atomic mass is 32.2. The highest BCUT2D eigenvalue weighted by molar-refractivity contribution is 8.16. The van der Waals surface area contributed by atoms with Crippen LogP contribution in [0.3, 0.4) is 0 Å². The van der Waals surface area contributed by atoms with Crippen LogP contribution in [0.5, 0.6) is 0 Å². The number of aliphatic imine (C=N–C) groups is 1. The van der Waals surface area contributed by atoms with Gasteiger partial charge in [-0.3, -0.25) is 4.79 Å². The van der Waals surface area contributed by atoms with Crippen molar-refractivity contribution < 1.29 is 13.2 Å². The van der Waals surface area contributed by atoms with E-state index in [4.69, 9.17) is 0 Å². The summed E-state index contributed by atoms with van der Waals surface area (Å²) in [4.78, 5) is 18.8. The average Bonchev–Trinajstić information content (AvgIpc) is 3.28. The first-order valence-corrected chi connectivity index (χ1v) is 12.0. The molecule has 5 nitrogen and oxygen atoms in total. The minimum absolute atomic E-state index is 0.0402. The van der Waals surface area contributed by atoms with Crippen molar-refractivity contribution in [3.63, 3.8) is 0 Å². The molecule has 1 amide bonds. The first-order valence-electron chi connectivity index (χ1n) is 9.35. The highest BCUT2D eigenvalue weighted by Gasteiger charge is 2.49. The summed E-state index contributed by atoms with van der Waals surface area (Å²) in [6, 6.07) is 9.55. The molecule has 0 unspecified atom stereocenters. The van der Waals surface area contributed by atoms with Gasteiger partial charge in [0.1, 0.15) is 0 Å². The lowest BCUT2D eigenvalue weighted by atomic mass is 10.0. The van der Waals surface area contributed by atoms with Crippen molar-refractivity contribution in [2.24, 2.45) is 10.9 Å². The summed E-state index contributed by atoms with van der Waals surface area (Å²) in [6.07, 6.45) is 6.44. The van der Waals surface area contributed by atoms with Crippen LogP contribution in [0.4, 0.5) is 5.69 Å². The summed E-state index contributed by atoms with van der Waals surface area (Å²) in [5.41, 5.74) is 0.909. The first kappa shape index (κ1) is 18.0. The number of hydrogen-bond donors (Lipinski definition) is 0. The maximum atomic E-state index is 12.4. The average molecular weight is 393 g/mol. The third kappa shape index (κ3) is 3.83. The number of benzene rings is 1. The number of amidine groups is 1. The molecule has 2 atom stereocenters. The highest BCUT2D eigenvalue weighted by Crippen LogP contribution is 2.41. The molecule has 1 aromatic carbocycles. The van der Waals surface area contributed by atoms with Gasteiger partial charge >= 0.3 is 0 Å². The van der Waals surface area contributed by atoms with Gasteiger partial charge in [-0.25, -0.2) is 8.42 Å². The Balaban J connectivity index is 1.53. The van der Waals surface area contributed by atoms with Gasteiger partial charge < -0.3 is 4.90 Å². The van der Waals surface area contributed by atoms with Gasteiger partial charge in [0, 0.05) is 17.4 Å². The topological polar surface area (TPSA) is 66.8 Å². The Morgan fingerprint density at radius 1 is 1.15 bits per heavy atom. The molecule has 4 rings (SSSR count). The number of para-hydroxylation sites is 1. The Bertz CT molecular complexity index is 801. The normalized spacial score (nSPS) is 29.4. The van der Waals surface area contributed by atoms with Crippen molar-refractivity contribution in [2.45, 2.75) is 49.8 Å². The second-order valence-electron chi connectivity index (χ2n) is 7.48. The number of carbonyl (C=O) groups excluding carboxylic acids is 1. The quantitative estimate of drug-likeness (QED) is 0.787. The Morgan fingerprint density at radius 3 is 2.62 bits per heavy atom. The number of amides is 1. The third-order valence-corrected chi connectivity index (χ3v) is 8.77. The Labute approximate surface area is 159 Å². The van der Waals surface area contributed by atoms with Gasteiger partial charge in [-0.15, -0.1) is 0 Å². The lowest BCUT2D eigenvalue weighted by Crippen LogP contribution is -2.37. The standard InChI is InChI=1S/C19H24N2O3S2/c22-18(11-10-14-6-4-5-7-14)20-19-21(15-8-2-1-3-9-15)16-12-26(23,24)13-17(16)25-19/h1-3,8-9,14,16-17H,4-7,10-13H2/t16-,17+/m1/s1. The van der Waals surface area contributed by atoms with Crippen LogP contribution in [0.2, 0.25) is 0 Å². The van der Waals surface area contributed by atoms with Crippen LogP contribution in [0.1, 0.15) is 38.5 Å². The molecular formula is C19H24N2O3S2. The van der Waals surface area contributed by atoms with Gasteiger partial charge in [0.2, 0.25) is 5.91 Å². The summed E-state index contributed by atoms with van der Waals surface area (Å²) in [5, 5.41) is 0.624. The molecule has 0 N–H and O–H groups in total. The maximum absolute atomic E-state index is 12.4. The van der Waals surface area contributed by atoms with E-state index in [1.165, 1.54) is 37.4 Å². The van der Waals surface area contributed by atoms with E-state index in [1.54, 1.807) is 0 Å². The number of thioether (sulfide) groups is 1. The lowest BCUT2D eigenvalue weighted by Gasteiger charge is -2.24. The molecule has 1 aromatic rings. The summed E-state index contributed by atoms with van der Waals surface area (Å²) < 4.78 is 24.1. The van der Waals surface area contributed by atoms with Crippen molar-refractivity contribution in [1.82, 2.24) is 0 Å². The van der Waals surface area contributed by atoms with Crippen LogP contribution in [0, 0.1) is 5.92 Å². The molecule has 2 saturated heterocycles. The van der Waals surface area contributed by atoms with Gasteiger partial charge in [0.15, 0.2) is 15.0 Å². The summed E-state index contributed by atoms with van der Waals surface area (Å²) in [6.45, 7) is 0. The molecule has 26 heavy (non-hydrogen) atoms. The zero-order valence-corrected chi connectivity index (χ0v) is 16.3. The predicted molar refractivity (Wildman–Crippen MR) is 106 cm³/mol. The number of nitrogens with zero attached hydrogens (tertiary/aromatic N) is 2. The molecule has 3 aliphatic rings. The fourth-order valence-electron chi connectivity index (χ4n) is 4.24. The van der Waals surface area contributed by atoms with E-state index in [2.05, 4.69) is 4.99 Å². The smallest absolute Gasteiger partial charge is 0.248 e. The van der Waals surface area contributed by atoms with Crippen molar-refractivity contribution in [1.29, 1.82) is 0 Å². The lowest BCUT2D eigenvalue weighted by molar-refractivity contribution is -0.118. The van der Waals surface area contributed by atoms with Gasteiger partial charge in [0.05, 0.1) is 17.5 Å². The van der Waals surface area contributed by atoms with E-state index in [1.807, 2.05) is 35.2 Å². The zero-order chi connectivity index (χ0) is 18.1. The Hall–Kier alpha value is -1.34. The number of fused-ring (bicyclic) bond motifs is 1. The summed E-state index contributed by atoms with van der Waals surface area (Å²) in [7, 11) is -3.02. The van der Waals surface area contributed by atoms with Crippen LogP contribution < -0.4 is 4.90 Å². The monoisotopic (exact) mass is 392 g/mol. The second-order valence-corrected chi connectivity index (χ2v) is 10.8. The minimum Gasteiger partial charge on any atom is -0.316 e. The second kappa shape index (κ2) is 7.35. The molecule has 2 heterocycles. The number of carbonyl (C=O) groups is 1. The number of anilines is 1. The number of hydrogen-bond acceptors (Lipinski definition) is 4.